The molecule has 2 aromatic rings. The standard InChI is InChI=1S/C15H15ClFN3O/c16-12-7-19-15(20-8-12)6-10-1-2-11(5-13(10)17)14-9-18-3-4-21-14/h1-2,5,7-8,14,18H,3-4,6,9H2. The van der Waals surface area contributed by atoms with E-state index in [1.54, 1.807) is 6.07 Å². The Balaban J connectivity index is 1.76. The molecule has 0 radical (unpaired) electrons. The highest BCUT2D eigenvalue weighted by Crippen LogP contribution is 2.22. The van der Waals surface area contributed by atoms with Gasteiger partial charge in [0.2, 0.25) is 0 Å². The zero-order valence-electron chi connectivity index (χ0n) is 11.4. The van der Waals surface area contributed by atoms with Gasteiger partial charge in [-0.25, -0.2) is 14.4 Å². The Morgan fingerprint density at radius 2 is 2.14 bits per heavy atom. The number of rotatable bonds is 3. The van der Waals surface area contributed by atoms with Crippen molar-refractivity contribution < 1.29 is 9.13 Å². The molecule has 1 unspecified atom stereocenters. The Bertz CT molecular complexity index is 615. The quantitative estimate of drug-likeness (QED) is 0.946. The molecule has 0 spiro atoms. The van der Waals surface area contributed by atoms with Crippen molar-refractivity contribution in [3.63, 3.8) is 0 Å². The molecule has 0 saturated carbocycles. The summed E-state index contributed by atoms with van der Waals surface area (Å²) < 4.78 is 19.8. The van der Waals surface area contributed by atoms with Crippen LogP contribution in [0.3, 0.4) is 0 Å². The topological polar surface area (TPSA) is 47.0 Å². The predicted octanol–water partition coefficient (Wildman–Crippen LogP) is 2.52. The monoisotopic (exact) mass is 307 g/mol. The van der Waals surface area contributed by atoms with Gasteiger partial charge in [-0.1, -0.05) is 23.7 Å². The highest BCUT2D eigenvalue weighted by atomic mass is 35.5. The van der Waals surface area contributed by atoms with Gasteiger partial charge in [0.05, 0.1) is 17.7 Å². The first-order chi connectivity index (χ1) is 10.2. The Morgan fingerprint density at radius 1 is 1.33 bits per heavy atom. The second-order valence-corrected chi connectivity index (χ2v) is 5.35. The molecule has 0 amide bonds. The van der Waals surface area contributed by atoms with E-state index in [4.69, 9.17) is 16.3 Å². The smallest absolute Gasteiger partial charge is 0.132 e. The molecule has 0 aliphatic carbocycles. The lowest BCUT2D eigenvalue weighted by Gasteiger charge is -2.24. The number of aromatic nitrogens is 2. The maximum atomic E-state index is 14.2. The van der Waals surface area contributed by atoms with Crippen molar-refractivity contribution >= 4 is 11.6 Å². The Hall–Kier alpha value is -1.56. The summed E-state index contributed by atoms with van der Waals surface area (Å²) in [5.41, 5.74) is 1.41. The van der Waals surface area contributed by atoms with Gasteiger partial charge in [0.15, 0.2) is 0 Å². The molecule has 2 heterocycles. The van der Waals surface area contributed by atoms with Gasteiger partial charge in [-0.3, -0.25) is 0 Å². The lowest BCUT2D eigenvalue weighted by Crippen LogP contribution is -2.33. The number of morpholine rings is 1. The molecule has 6 heteroatoms. The van der Waals surface area contributed by atoms with Gasteiger partial charge in [-0.2, -0.15) is 0 Å². The average Bonchev–Trinajstić information content (AvgIpc) is 2.52. The van der Waals surface area contributed by atoms with Gasteiger partial charge in [0.1, 0.15) is 11.6 Å². The van der Waals surface area contributed by atoms with Crippen molar-refractivity contribution in [2.45, 2.75) is 12.5 Å². The summed E-state index contributed by atoms with van der Waals surface area (Å²) in [4.78, 5) is 8.17. The maximum Gasteiger partial charge on any atom is 0.132 e. The zero-order valence-corrected chi connectivity index (χ0v) is 12.1. The van der Waals surface area contributed by atoms with Crippen molar-refractivity contribution in [3.8, 4) is 0 Å². The molecule has 1 saturated heterocycles. The SMILES string of the molecule is Fc1cc(C2CNCCO2)ccc1Cc1ncc(Cl)cn1. The highest BCUT2D eigenvalue weighted by Gasteiger charge is 2.17. The first-order valence-corrected chi connectivity index (χ1v) is 7.17. The Labute approximate surface area is 127 Å². The molecule has 1 N–H and O–H groups in total. The van der Waals surface area contributed by atoms with Crippen molar-refractivity contribution in [3.05, 3.63) is 58.4 Å². The van der Waals surface area contributed by atoms with Crippen LogP contribution in [-0.2, 0) is 11.2 Å². The predicted molar refractivity (Wildman–Crippen MR) is 77.8 cm³/mol. The normalized spacial score (nSPS) is 18.7. The van der Waals surface area contributed by atoms with E-state index >= 15 is 0 Å². The minimum Gasteiger partial charge on any atom is -0.371 e. The van der Waals surface area contributed by atoms with Crippen LogP contribution in [-0.4, -0.2) is 29.7 Å². The van der Waals surface area contributed by atoms with E-state index in [1.165, 1.54) is 18.5 Å². The number of nitrogens with one attached hydrogen (secondary N) is 1. The molecular formula is C15H15ClFN3O. The van der Waals surface area contributed by atoms with Crippen LogP contribution in [0.1, 0.15) is 23.1 Å². The van der Waals surface area contributed by atoms with Crippen LogP contribution in [0.5, 0.6) is 0 Å². The number of halogens is 2. The van der Waals surface area contributed by atoms with E-state index in [-0.39, 0.29) is 11.9 Å². The number of nitrogens with zero attached hydrogens (tertiary/aromatic N) is 2. The van der Waals surface area contributed by atoms with Crippen LogP contribution < -0.4 is 5.32 Å². The first kappa shape index (κ1) is 14.4. The van der Waals surface area contributed by atoms with Crippen molar-refractivity contribution in [1.82, 2.24) is 15.3 Å². The summed E-state index contributed by atoms with van der Waals surface area (Å²) >= 11 is 5.73. The Kier molecular flexibility index (Phi) is 4.43. The summed E-state index contributed by atoms with van der Waals surface area (Å²) in [6, 6.07) is 5.19. The molecule has 0 bridgehead atoms. The fourth-order valence-corrected chi connectivity index (χ4v) is 2.38. The summed E-state index contributed by atoms with van der Waals surface area (Å²) in [6.07, 6.45) is 3.27. The van der Waals surface area contributed by atoms with E-state index in [2.05, 4.69) is 15.3 Å². The minimum atomic E-state index is -0.264. The largest absolute Gasteiger partial charge is 0.371 e. The van der Waals surface area contributed by atoms with Gasteiger partial charge in [0, 0.05) is 31.9 Å². The van der Waals surface area contributed by atoms with E-state index < -0.39 is 0 Å². The lowest BCUT2D eigenvalue weighted by atomic mass is 10.0. The molecular weight excluding hydrogens is 293 g/mol. The van der Waals surface area contributed by atoms with Gasteiger partial charge < -0.3 is 10.1 Å². The van der Waals surface area contributed by atoms with E-state index in [1.807, 2.05) is 6.07 Å². The Morgan fingerprint density at radius 3 is 2.81 bits per heavy atom. The molecule has 1 atom stereocenters. The lowest BCUT2D eigenvalue weighted by molar-refractivity contribution is 0.0275. The maximum absolute atomic E-state index is 14.2. The average molecular weight is 308 g/mol. The second kappa shape index (κ2) is 6.47. The molecule has 1 fully saturated rings. The van der Waals surface area contributed by atoms with E-state index in [9.17, 15) is 4.39 Å². The van der Waals surface area contributed by atoms with Crippen LogP contribution >= 0.6 is 11.6 Å². The number of ether oxygens (including phenoxy) is 1. The third kappa shape index (κ3) is 3.56. The number of hydrogen-bond acceptors (Lipinski definition) is 4. The van der Waals surface area contributed by atoms with Crippen LogP contribution in [0, 0.1) is 5.82 Å². The third-order valence-corrected chi connectivity index (χ3v) is 3.59. The molecule has 1 aromatic carbocycles. The van der Waals surface area contributed by atoms with Crippen molar-refractivity contribution in [2.75, 3.05) is 19.7 Å². The summed E-state index contributed by atoms with van der Waals surface area (Å²) in [6.45, 7) is 2.19. The van der Waals surface area contributed by atoms with E-state index in [0.717, 1.165) is 12.1 Å². The van der Waals surface area contributed by atoms with Gasteiger partial charge in [-0.05, 0) is 17.2 Å². The van der Waals surface area contributed by atoms with Gasteiger partial charge >= 0.3 is 0 Å². The molecule has 1 aliphatic heterocycles. The second-order valence-electron chi connectivity index (χ2n) is 4.91. The summed E-state index contributed by atoms with van der Waals surface area (Å²) in [7, 11) is 0. The van der Waals surface area contributed by atoms with Crippen molar-refractivity contribution in [2.24, 2.45) is 0 Å². The molecule has 1 aliphatic rings. The van der Waals surface area contributed by atoms with Crippen LogP contribution in [0.4, 0.5) is 4.39 Å². The fraction of sp³-hybridized carbons (Fsp3) is 0.333. The molecule has 4 nitrogen and oxygen atoms in total. The number of benzene rings is 1. The zero-order chi connectivity index (χ0) is 14.7. The van der Waals surface area contributed by atoms with Gasteiger partial charge in [-0.15, -0.1) is 0 Å². The van der Waals surface area contributed by atoms with Crippen LogP contribution in [0.2, 0.25) is 5.02 Å². The molecule has 3 rings (SSSR count). The van der Waals surface area contributed by atoms with Gasteiger partial charge in [0.25, 0.3) is 0 Å². The summed E-state index contributed by atoms with van der Waals surface area (Å²) in [5.74, 6) is 0.279. The molecule has 110 valence electrons. The first-order valence-electron chi connectivity index (χ1n) is 6.79. The highest BCUT2D eigenvalue weighted by molar-refractivity contribution is 6.30. The summed E-state index contributed by atoms with van der Waals surface area (Å²) in [5, 5.41) is 3.70. The fourth-order valence-electron chi connectivity index (χ4n) is 2.29. The third-order valence-electron chi connectivity index (χ3n) is 3.40. The minimum absolute atomic E-state index is 0.0888. The van der Waals surface area contributed by atoms with Crippen LogP contribution in [0.25, 0.3) is 0 Å². The van der Waals surface area contributed by atoms with Crippen molar-refractivity contribution in [1.29, 1.82) is 0 Å². The molecule has 21 heavy (non-hydrogen) atoms. The van der Waals surface area contributed by atoms with Crippen LogP contribution in [0.15, 0.2) is 30.6 Å². The molecule has 1 aromatic heterocycles. The van der Waals surface area contributed by atoms with E-state index in [0.29, 0.717) is 36.0 Å². The number of hydrogen-bond donors (Lipinski definition) is 1.